The fourth-order valence-corrected chi connectivity index (χ4v) is 1.75. The average Bonchev–Trinajstić information content (AvgIpc) is 2.00. The third-order valence-corrected chi connectivity index (χ3v) is 4.51. The fourth-order valence-electron chi connectivity index (χ4n) is 0.644. The van der Waals surface area contributed by atoms with Crippen LogP contribution in [0.2, 0.25) is 0 Å². The summed E-state index contributed by atoms with van der Waals surface area (Å²) in [6.45, 7) is 0. The molecule has 0 unspecified atom stereocenters. The van der Waals surface area contributed by atoms with Gasteiger partial charge in [-0.2, -0.15) is 0 Å². The van der Waals surface area contributed by atoms with Crippen molar-refractivity contribution in [2.24, 2.45) is 0 Å². The number of hydrogen-bond donors (Lipinski definition) is 1. The highest BCUT2D eigenvalue weighted by Crippen LogP contribution is 2.28. The van der Waals surface area contributed by atoms with Gasteiger partial charge in [-0.15, -0.1) is 0 Å². The normalized spacial score (nSPS) is 10.8. The maximum absolute atomic E-state index is 12.2. The summed E-state index contributed by atoms with van der Waals surface area (Å²) in [6.07, 6.45) is -1.28. The molecule has 0 amide bonds. The van der Waals surface area contributed by atoms with Crippen molar-refractivity contribution in [2.45, 2.75) is 6.43 Å². The molecule has 1 heterocycles. The number of aromatic nitrogens is 1. The van der Waals surface area contributed by atoms with Crippen LogP contribution in [0.15, 0.2) is 6.20 Å². The Hall–Kier alpha value is 0.270. The maximum atomic E-state index is 12.2. The van der Waals surface area contributed by atoms with Gasteiger partial charge in [-0.25, -0.2) is 8.78 Å². The van der Waals surface area contributed by atoms with Gasteiger partial charge in [0.05, 0.1) is 19.0 Å². The van der Waals surface area contributed by atoms with Crippen molar-refractivity contribution < 1.29 is 8.78 Å². The second kappa shape index (κ2) is 3.99. The van der Waals surface area contributed by atoms with Gasteiger partial charge in [-0.05, 0) is 45.2 Å². The molecule has 0 aromatic carbocycles. The predicted octanol–water partition coefficient (Wildman–Crippen LogP) is 2.81. The monoisotopic (exact) mass is 396 g/mol. The van der Waals surface area contributed by atoms with E-state index in [-0.39, 0.29) is 5.69 Å². The molecular formula is C6H4F2I2N2. The van der Waals surface area contributed by atoms with E-state index >= 15 is 0 Å². The molecule has 0 spiro atoms. The van der Waals surface area contributed by atoms with E-state index in [0.29, 0.717) is 12.8 Å². The quantitative estimate of drug-likeness (QED) is 0.743. The number of halogens is 4. The lowest BCUT2D eigenvalue weighted by Crippen LogP contribution is -2.01. The molecule has 0 radical (unpaired) electrons. The van der Waals surface area contributed by atoms with E-state index in [2.05, 4.69) is 4.98 Å². The average molecular weight is 396 g/mol. The summed E-state index contributed by atoms with van der Waals surface area (Å²) < 4.78 is 25.5. The summed E-state index contributed by atoms with van der Waals surface area (Å²) in [5.74, 6) is 0. The number of hydrogen-bond acceptors (Lipinski definition) is 2. The number of nitrogen functional groups attached to an aromatic ring is 1. The lowest BCUT2D eigenvalue weighted by molar-refractivity contribution is 0.145. The Morgan fingerprint density at radius 1 is 1.33 bits per heavy atom. The van der Waals surface area contributed by atoms with Crippen LogP contribution in [0.4, 0.5) is 14.5 Å². The minimum Gasteiger partial charge on any atom is -0.397 e. The molecule has 0 atom stereocenters. The molecule has 6 heteroatoms. The van der Waals surface area contributed by atoms with Gasteiger partial charge in [0.1, 0.15) is 5.69 Å². The van der Waals surface area contributed by atoms with Gasteiger partial charge in [-0.3, -0.25) is 4.98 Å². The van der Waals surface area contributed by atoms with Crippen LogP contribution < -0.4 is 5.73 Å². The molecule has 0 saturated carbocycles. The summed E-state index contributed by atoms with van der Waals surface area (Å²) in [7, 11) is 0. The SMILES string of the molecule is Nc1cnc(C(F)F)c(I)c1I. The lowest BCUT2D eigenvalue weighted by atomic mass is 10.3. The second-order valence-electron chi connectivity index (χ2n) is 2.03. The molecule has 2 nitrogen and oxygen atoms in total. The Morgan fingerprint density at radius 2 is 1.92 bits per heavy atom. The molecule has 1 rings (SSSR count). The Labute approximate surface area is 95.2 Å². The number of anilines is 1. The predicted molar refractivity (Wildman–Crippen MR) is 59.0 cm³/mol. The fraction of sp³-hybridized carbons (Fsp3) is 0.167. The third kappa shape index (κ3) is 1.95. The van der Waals surface area contributed by atoms with Gasteiger partial charge in [-0.1, -0.05) is 0 Å². The van der Waals surface area contributed by atoms with Crippen molar-refractivity contribution >= 4 is 50.9 Å². The molecule has 66 valence electrons. The molecule has 1 aromatic heterocycles. The largest absolute Gasteiger partial charge is 0.397 e. The van der Waals surface area contributed by atoms with Crippen LogP contribution in [0.3, 0.4) is 0 Å². The molecule has 0 aliphatic carbocycles. The van der Waals surface area contributed by atoms with Gasteiger partial charge in [0.15, 0.2) is 0 Å². The summed E-state index contributed by atoms with van der Waals surface area (Å²) in [5, 5.41) is 0. The van der Waals surface area contributed by atoms with Crippen molar-refractivity contribution in [2.75, 3.05) is 5.73 Å². The van der Waals surface area contributed by atoms with Gasteiger partial charge >= 0.3 is 0 Å². The van der Waals surface area contributed by atoms with Gasteiger partial charge in [0, 0.05) is 0 Å². The van der Waals surface area contributed by atoms with Crippen LogP contribution >= 0.6 is 45.2 Å². The molecule has 12 heavy (non-hydrogen) atoms. The van der Waals surface area contributed by atoms with E-state index in [4.69, 9.17) is 5.73 Å². The van der Waals surface area contributed by atoms with Crippen molar-refractivity contribution in [3.63, 3.8) is 0 Å². The van der Waals surface area contributed by atoms with E-state index in [1.807, 2.05) is 45.2 Å². The van der Waals surface area contributed by atoms with Crippen LogP contribution in [0, 0.1) is 7.14 Å². The van der Waals surface area contributed by atoms with Crippen LogP contribution in [0.5, 0.6) is 0 Å². The zero-order valence-corrected chi connectivity index (χ0v) is 10.0. The van der Waals surface area contributed by atoms with Crippen LogP contribution in [0.1, 0.15) is 12.1 Å². The first-order chi connectivity index (χ1) is 5.54. The van der Waals surface area contributed by atoms with Crippen LogP contribution in [0.25, 0.3) is 0 Å². The van der Waals surface area contributed by atoms with E-state index in [0.717, 1.165) is 0 Å². The van der Waals surface area contributed by atoms with Crippen LogP contribution in [-0.4, -0.2) is 4.98 Å². The molecule has 0 aliphatic heterocycles. The second-order valence-corrected chi connectivity index (χ2v) is 4.18. The maximum Gasteiger partial charge on any atom is 0.281 e. The first-order valence-corrected chi connectivity index (χ1v) is 5.07. The van der Waals surface area contributed by atoms with E-state index in [1.54, 1.807) is 0 Å². The number of rotatable bonds is 1. The lowest BCUT2D eigenvalue weighted by Gasteiger charge is -2.05. The van der Waals surface area contributed by atoms with Gasteiger partial charge in [0.2, 0.25) is 0 Å². The number of nitrogens with zero attached hydrogens (tertiary/aromatic N) is 1. The standard InChI is InChI=1S/C6H4F2I2N2/c7-6(8)5-4(10)3(9)2(11)1-12-5/h1,6H,11H2. The van der Waals surface area contributed by atoms with Gasteiger partial charge in [0.25, 0.3) is 6.43 Å². The summed E-state index contributed by atoms with van der Waals surface area (Å²) in [5.41, 5.74) is 5.70. The van der Waals surface area contributed by atoms with E-state index in [1.165, 1.54) is 6.20 Å². The number of pyridine rings is 1. The molecule has 0 aliphatic rings. The molecule has 0 bridgehead atoms. The van der Waals surface area contributed by atoms with Crippen molar-refractivity contribution in [1.82, 2.24) is 4.98 Å². The minimum absolute atomic E-state index is 0.200. The highest BCUT2D eigenvalue weighted by molar-refractivity contribution is 14.1. The summed E-state index contributed by atoms with van der Waals surface area (Å²) in [4.78, 5) is 3.55. The van der Waals surface area contributed by atoms with E-state index in [9.17, 15) is 8.78 Å². The zero-order chi connectivity index (χ0) is 9.30. The summed E-state index contributed by atoms with van der Waals surface area (Å²) in [6, 6.07) is 0. The van der Waals surface area contributed by atoms with Crippen LogP contribution in [-0.2, 0) is 0 Å². The Morgan fingerprint density at radius 3 is 2.42 bits per heavy atom. The third-order valence-electron chi connectivity index (χ3n) is 1.22. The highest BCUT2D eigenvalue weighted by Gasteiger charge is 2.16. The number of alkyl halides is 2. The van der Waals surface area contributed by atoms with Gasteiger partial charge < -0.3 is 5.73 Å². The molecular weight excluding hydrogens is 392 g/mol. The topological polar surface area (TPSA) is 38.9 Å². The molecule has 0 fully saturated rings. The van der Waals surface area contributed by atoms with Crippen molar-refractivity contribution in [3.05, 3.63) is 19.0 Å². The smallest absolute Gasteiger partial charge is 0.281 e. The van der Waals surface area contributed by atoms with Crippen molar-refractivity contribution in [3.8, 4) is 0 Å². The van der Waals surface area contributed by atoms with E-state index < -0.39 is 6.43 Å². The molecule has 2 N–H and O–H groups in total. The first kappa shape index (κ1) is 10.4. The van der Waals surface area contributed by atoms with Crippen molar-refractivity contribution in [1.29, 1.82) is 0 Å². The first-order valence-electron chi connectivity index (χ1n) is 2.91. The Kier molecular flexibility index (Phi) is 3.44. The molecule has 0 saturated heterocycles. The number of nitrogens with two attached hydrogens (primary N) is 1. The molecule has 1 aromatic rings. The summed E-state index contributed by atoms with van der Waals surface area (Å²) >= 11 is 3.74. The Balaban J connectivity index is 3.27. The minimum atomic E-state index is -2.54. The Bertz CT molecular complexity index is 304. The zero-order valence-electron chi connectivity index (χ0n) is 5.69. The highest BCUT2D eigenvalue weighted by atomic mass is 127.